The predicted molar refractivity (Wildman–Crippen MR) is 241 cm³/mol. The highest BCUT2D eigenvalue weighted by Gasteiger charge is 2.53. The third-order valence-corrected chi connectivity index (χ3v) is 16.1. The topological polar surface area (TPSA) is 6.48 Å². The van der Waals surface area contributed by atoms with Crippen LogP contribution in [0, 0.1) is 35.5 Å². The molecule has 6 aromatic rings. The number of hydrogen-bond acceptors (Lipinski definition) is 2. The van der Waals surface area contributed by atoms with E-state index in [0.29, 0.717) is 10.8 Å². The lowest BCUT2D eigenvalue weighted by Crippen LogP contribution is -2.48. The van der Waals surface area contributed by atoms with Gasteiger partial charge in [-0.1, -0.05) is 84.9 Å². The largest absolute Gasteiger partial charge is 0.310 e. The average molecular weight is 757 g/mol. The Balaban J connectivity index is 0.847. The van der Waals surface area contributed by atoms with Gasteiger partial charge in [0, 0.05) is 34.1 Å². The highest BCUT2D eigenvalue weighted by Crippen LogP contribution is 2.62. The van der Waals surface area contributed by atoms with E-state index in [1.54, 1.807) is 11.1 Å². The predicted octanol–water partition coefficient (Wildman–Crippen LogP) is 15.2. The molecule has 0 aliphatic heterocycles. The van der Waals surface area contributed by atoms with Gasteiger partial charge < -0.3 is 9.80 Å². The van der Waals surface area contributed by atoms with Gasteiger partial charge in [-0.05, 0) is 218 Å². The number of nitrogens with zero attached hydrogens (tertiary/aromatic N) is 2. The Labute approximate surface area is 346 Å². The first-order chi connectivity index (χ1) is 28.5. The Bertz CT molecular complexity index is 2170. The van der Waals surface area contributed by atoms with Crippen LogP contribution in [-0.4, -0.2) is 0 Å². The van der Waals surface area contributed by atoms with Crippen LogP contribution in [0.15, 0.2) is 158 Å². The molecule has 0 saturated heterocycles. The first-order valence-electron chi connectivity index (χ1n) is 22.7. The van der Waals surface area contributed by atoms with E-state index in [1.807, 2.05) is 0 Å². The molecule has 8 bridgehead atoms. The van der Waals surface area contributed by atoms with Gasteiger partial charge in [-0.2, -0.15) is 0 Å². The van der Waals surface area contributed by atoms with Crippen molar-refractivity contribution in [2.75, 3.05) is 9.80 Å². The van der Waals surface area contributed by atoms with Gasteiger partial charge in [0.15, 0.2) is 0 Å². The molecule has 0 heterocycles. The zero-order valence-electron chi connectivity index (χ0n) is 33.9. The number of anilines is 6. The molecular weight excluding hydrogens is 701 g/mol. The second-order valence-electron chi connectivity index (χ2n) is 19.9. The SMILES string of the molecule is c1ccc(N(c2ccc(-c3ccc(N(c4ccccc4)c4cccc(C56CC7CC(CC(C7)C5)C6)c4)cc3)cc2)c2cccc(C34CC5CC(CC(C5)C3)C4)c2)cc1. The van der Waals surface area contributed by atoms with E-state index in [4.69, 9.17) is 0 Å². The Morgan fingerprint density at radius 1 is 0.293 bits per heavy atom. The molecule has 290 valence electrons. The van der Waals surface area contributed by atoms with Crippen molar-refractivity contribution in [3.05, 3.63) is 169 Å². The van der Waals surface area contributed by atoms with Gasteiger partial charge in [-0.15, -0.1) is 0 Å². The average Bonchev–Trinajstić information content (AvgIpc) is 3.25. The second kappa shape index (κ2) is 13.8. The monoisotopic (exact) mass is 756 g/mol. The van der Waals surface area contributed by atoms with Crippen LogP contribution >= 0.6 is 0 Å². The van der Waals surface area contributed by atoms with Gasteiger partial charge in [0.05, 0.1) is 0 Å². The maximum Gasteiger partial charge on any atom is 0.0464 e. The quantitative estimate of drug-likeness (QED) is 0.145. The maximum atomic E-state index is 2.55. The van der Waals surface area contributed by atoms with Crippen LogP contribution in [-0.2, 0) is 10.8 Å². The Morgan fingerprint density at radius 3 is 0.914 bits per heavy atom. The van der Waals surface area contributed by atoms with Crippen molar-refractivity contribution in [1.29, 1.82) is 0 Å². The van der Waals surface area contributed by atoms with Crippen molar-refractivity contribution >= 4 is 34.1 Å². The highest BCUT2D eigenvalue weighted by molar-refractivity contribution is 5.81. The molecule has 0 N–H and O–H groups in total. The minimum Gasteiger partial charge on any atom is -0.310 e. The lowest BCUT2D eigenvalue weighted by molar-refractivity contribution is -0.00528. The van der Waals surface area contributed by atoms with E-state index in [1.165, 1.54) is 122 Å². The zero-order valence-corrected chi connectivity index (χ0v) is 33.9. The van der Waals surface area contributed by atoms with Gasteiger partial charge in [0.1, 0.15) is 0 Å². The van der Waals surface area contributed by atoms with Gasteiger partial charge >= 0.3 is 0 Å². The van der Waals surface area contributed by atoms with E-state index in [-0.39, 0.29) is 0 Å². The normalized spacial score (nSPS) is 30.1. The van der Waals surface area contributed by atoms with Crippen molar-refractivity contribution in [3.63, 3.8) is 0 Å². The van der Waals surface area contributed by atoms with Crippen molar-refractivity contribution in [2.24, 2.45) is 35.5 Å². The van der Waals surface area contributed by atoms with Crippen molar-refractivity contribution in [1.82, 2.24) is 0 Å². The molecule has 0 radical (unpaired) electrons. The van der Waals surface area contributed by atoms with Crippen LogP contribution in [0.4, 0.5) is 34.1 Å². The fourth-order valence-electron chi connectivity index (χ4n) is 14.5. The smallest absolute Gasteiger partial charge is 0.0464 e. The van der Waals surface area contributed by atoms with Gasteiger partial charge in [0.2, 0.25) is 0 Å². The zero-order chi connectivity index (χ0) is 38.3. The Hall–Kier alpha value is -5.08. The summed E-state index contributed by atoms with van der Waals surface area (Å²) in [7, 11) is 0. The fraction of sp³-hybridized carbons (Fsp3) is 0.357. The molecule has 2 heteroatoms. The summed E-state index contributed by atoms with van der Waals surface area (Å²) in [5.74, 6) is 5.61. The molecule has 2 nitrogen and oxygen atoms in total. The molecule has 8 aliphatic carbocycles. The van der Waals surface area contributed by atoms with E-state index in [0.717, 1.165) is 35.5 Å². The molecule has 8 fully saturated rings. The Morgan fingerprint density at radius 2 is 0.586 bits per heavy atom. The summed E-state index contributed by atoms with van der Waals surface area (Å²) in [6.07, 6.45) is 17.2. The van der Waals surface area contributed by atoms with Crippen LogP contribution in [0.1, 0.15) is 88.2 Å². The summed E-state index contributed by atoms with van der Waals surface area (Å²) in [4.78, 5) is 4.93. The lowest BCUT2D eigenvalue weighted by atomic mass is 9.48. The highest BCUT2D eigenvalue weighted by atomic mass is 15.1. The second-order valence-corrected chi connectivity index (χ2v) is 19.9. The van der Waals surface area contributed by atoms with Crippen molar-refractivity contribution in [2.45, 2.75) is 87.9 Å². The number of benzene rings is 6. The number of rotatable bonds is 9. The molecule has 0 unspecified atom stereocenters. The number of hydrogen-bond donors (Lipinski definition) is 0. The van der Waals surface area contributed by atoms with Crippen LogP contribution in [0.3, 0.4) is 0 Å². The molecule has 0 atom stereocenters. The third-order valence-electron chi connectivity index (χ3n) is 16.1. The molecular formula is C56H56N2. The third kappa shape index (κ3) is 6.04. The van der Waals surface area contributed by atoms with Gasteiger partial charge in [-0.25, -0.2) is 0 Å². The van der Waals surface area contributed by atoms with Crippen LogP contribution in [0.25, 0.3) is 11.1 Å². The van der Waals surface area contributed by atoms with Gasteiger partial charge in [-0.3, -0.25) is 0 Å². The van der Waals surface area contributed by atoms with E-state index < -0.39 is 0 Å². The molecule has 0 aromatic heterocycles. The van der Waals surface area contributed by atoms with Crippen LogP contribution < -0.4 is 9.80 Å². The van der Waals surface area contributed by atoms with E-state index in [2.05, 4.69) is 168 Å². The minimum absolute atomic E-state index is 0.371. The molecule has 58 heavy (non-hydrogen) atoms. The van der Waals surface area contributed by atoms with Crippen LogP contribution in [0.2, 0.25) is 0 Å². The Kier molecular flexibility index (Phi) is 8.28. The maximum absolute atomic E-state index is 2.55. The summed E-state index contributed by atoms with van der Waals surface area (Å²) in [6, 6.07) is 59.7. The molecule has 8 aliphatic rings. The van der Waals surface area contributed by atoms with E-state index >= 15 is 0 Å². The number of para-hydroxylation sites is 2. The molecule has 8 saturated carbocycles. The van der Waals surface area contributed by atoms with Crippen LogP contribution in [0.5, 0.6) is 0 Å². The van der Waals surface area contributed by atoms with Crippen molar-refractivity contribution < 1.29 is 0 Å². The first kappa shape index (κ1) is 34.9. The standard InChI is InChI=1S/C56H56N2/c1-3-11-49(12-4-1)57(53-15-7-9-47(31-53)55-33-39-25-40(34-55)27-41(26-39)35-55)51-21-17-45(18-22-51)46-19-23-52(24-20-46)58(50-13-5-2-6-14-50)54-16-8-10-48(32-54)56-36-42-28-43(37-56)30-44(29-42)38-56/h1-24,31-32,39-44H,25-30,33-38H2. The summed E-state index contributed by atoms with van der Waals surface area (Å²) in [5, 5.41) is 0. The van der Waals surface area contributed by atoms with E-state index in [9.17, 15) is 0 Å². The molecule has 14 rings (SSSR count). The molecule has 6 aromatic carbocycles. The lowest BCUT2D eigenvalue weighted by Gasteiger charge is -2.57. The summed E-state index contributed by atoms with van der Waals surface area (Å²) in [5.41, 5.74) is 13.7. The summed E-state index contributed by atoms with van der Waals surface area (Å²) < 4.78 is 0. The fourth-order valence-corrected chi connectivity index (χ4v) is 14.5. The van der Waals surface area contributed by atoms with Crippen molar-refractivity contribution in [3.8, 4) is 11.1 Å². The summed E-state index contributed by atoms with van der Waals surface area (Å²) in [6.45, 7) is 0. The summed E-state index contributed by atoms with van der Waals surface area (Å²) >= 11 is 0. The minimum atomic E-state index is 0.371. The van der Waals surface area contributed by atoms with Gasteiger partial charge in [0.25, 0.3) is 0 Å². The first-order valence-corrected chi connectivity index (χ1v) is 22.7. The molecule has 0 spiro atoms. The molecule has 0 amide bonds.